The maximum atomic E-state index is 12.3. The lowest BCUT2D eigenvalue weighted by Gasteiger charge is -2.35. The zero-order valence-electron chi connectivity index (χ0n) is 12.4. The topological polar surface area (TPSA) is 40.6 Å². The fourth-order valence-electron chi connectivity index (χ4n) is 2.37. The van der Waals surface area contributed by atoms with Gasteiger partial charge in [-0.3, -0.25) is 9.59 Å². The minimum atomic E-state index is 0.0225. The highest BCUT2D eigenvalue weighted by molar-refractivity contribution is 5.94. The van der Waals surface area contributed by atoms with E-state index in [0.717, 1.165) is 11.1 Å². The van der Waals surface area contributed by atoms with Gasteiger partial charge in [0.15, 0.2) is 0 Å². The zero-order chi connectivity index (χ0) is 14.7. The first-order valence-electron chi connectivity index (χ1n) is 7.14. The minimum absolute atomic E-state index is 0.0225. The largest absolute Gasteiger partial charge is 0.339 e. The van der Waals surface area contributed by atoms with E-state index in [1.165, 1.54) is 0 Å². The van der Waals surface area contributed by atoms with Crippen LogP contribution in [0.1, 0.15) is 29.8 Å². The van der Waals surface area contributed by atoms with Gasteiger partial charge in [-0.2, -0.15) is 0 Å². The molecule has 20 heavy (non-hydrogen) atoms. The van der Waals surface area contributed by atoms with E-state index >= 15 is 0 Å². The van der Waals surface area contributed by atoms with Crippen molar-refractivity contribution in [3.63, 3.8) is 0 Å². The Bertz CT molecular complexity index is 486. The maximum Gasteiger partial charge on any atom is 0.253 e. The third-order valence-electron chi connectivity index (χ3n) is 3.67. The second-order valence-corrected chi connectivity index (χ2v) is 5.64. The fourth-order valence-corrected chi connectivity index (χ4v) is 2.37. The van der Waals surface area contributed by atoms with Crippen LogP contribution in [0, 0.1) is 12.8 Å². The number of carbonyl (C=O) groups excluding carboxylic acids is 2. The van der Waals surface area contributed by atoms with Crippen molar-refractivity contribution in [3.05, 3.63) is 35.4 Å². The van der Waals surface area contributed by atoms with Crippen LogP contribution in [0.4, 0.5) is 0 Å². The van der Waals surface area contributed by atoms with Crippen molar-refractivity contribution >= 4 is 11.8 Å². The Hall–Kier alpha value is -1.84. The molecule has 0 atom stereocenters. The molecule has 0 radical (unpaired) electrons. The molecular weight excluding hydrogens is 252 g/mol. The number of rotatable bonds is 2. The summed E-state index contributed by atoms with van der Waals surface area (Å²) >= 11 is 0. The molecule has 4 heteroatoms. The normalized spacial score (nSPS) is 15.6. The number of hydrogen-bond acceptors (Lipinski definition) is 2. The van der Waals surface area contributed by atoms with E-state index in [1.54, 1.807) is 0 Å². The molecule has 2 rings (SSSR count). The molecule has 1 heterocycles. The van der Waals surface area contributed by atoms with Crippen LogP contribution in [0.15, 0.2) is 24.3 Å². The van der Waals surface area contributed by atoms with Crippen molar-refractivity contribution in [3.8, 4) is 0 Å². The highest BCUT2D eigenvalue weighted by Gasteiger charge is 2.25. The quantitative estimate of drug-likeness (QED) is 0.827. The number of hydrogen-bond donors (Lipinski definition) is 0. The van der Waals surface area contributed by atoms with Gasteiger partial charge in [-0.25, -0.2) is 0 Å². The Morgan fingerprint density at radius 2 is 1.45 bits per heavy atom. The average molecular weight is 274 g/mol. The Labute approximate surface area is 120 Å². The lowest BCUT2D eigenvalue weighted by Crippen LogP contribution is -2.51. The van der Waals surface area contributed by atoms with Crippen molar-refractivity contribution in [1.82, 2.24) is 9.80 Å². The smallest absolute Gasteiger partial charge is 0.253 e. The molecule has 1 aromatic rings. The number of amides is 2. The predicted octanol–water partition coefficient (Wildman–Crippen LogP) is 1.94. The molecule has 0 spiro atoms. The molecule has 108 valence electrons. The fraction of sp³-hybridized carbons (Fsp3) is 0.500. The van der Waals surface area contributed by atoms with Gasteiger partial charge in [0.05, 0.1) is 0 Å². The van der Waals surface area contributed by atoms with Crippen molar-refractivity contribution < 1.29 is 9.59 Å². The van der Waals surface area contributed by atoms with E-state index in [1.807, 2.05) is 54.8 Å². The zero-order valence-corrected chi connectivity index (χ0v) is 12.4. The molecule has 1 aromatic carbocycles. The van der Waals surface area contributed by atoms with Gasteiger partial charge in [-0.15, -0.1) is 0 Å². The summed E-state index contributed by atoms with van der Waals surface area (Å²) in [5.41, 5.74) is 1.87. The Kier molecular flexibility index (Phi) is 4.42. The summed E-state index contributed by atoms with van der Waals surface area (Å²) in [7, 11) is 0. The summed E-state index contributed by atoms with van der Waals surface area (Å²) in [6, 6.07) is 7.63. The van der Waals surface area contributed by atoms with Crippen LogP contribution in [-0.4, -0.2) is 47.8 Å². The van der Waals surface area contributed by atoms with Gasteiger partial charge in [-0.1, -0.05) is 31.5 Å². The summed E-state index contributed by atoms with van der Waals surface area (Å²) in [4.78, 5) is 27.9. The van der Waals surface area contributed by atoms with Crippen molar-refractivity contribution in [1.29, 1.82) is 0 Å². The van der Waals surface area contributed by atoms with Gasteiger partial charge >= 0.3 is 0 Å². The van der Waals surface area contributed by atoms with E-state index in [-0.39, 0.29) is 17.7 Å². The first-order valence-corrected chi connectivity index (χ1v) is 7.14. The highest BCUT2D eigenvalue weighted by Crippen LogP contribution is 2.11. The van der Waals surface area contributed by atoms with E-state index in [0.29, 0.717) is 26.2 Å². The molecule has 0 N–H and O–H groups in total. The predicted molar refractivity (Wildman–Crippen MR) is 78.5 cm³/mol. The number of nitrogens with zero attached hydrogens (tertiary/aromatic N) is 2. The Balaban J connectivity index is 1.95. The molecule has 0 unspecified atom stereocenters. The van der Waals surface area contributed by atoms with Gasteiger partial charge in [0, 0.05) is 37.7 Å². The van der Waals surface area contributed by atoms with Gasteiger partial charge < -0.3 is 9.80 Å². The molecule has 0 aromatic heterocycles. The van der Waals surface area contributed by atoms with Crippen LogP contribution in [0.5, 0.6) is 0 Å². The number of aryl methyl sites for hydroxylation is 1. The molecular formula is C16H22N2O2. The van der Waals surface area contributed by atoms with E-state index in [4.69, 9.17) is 0 Å². The van der Waals surface area contributed by atoms with Crippen molar-refractivity contribution in [2.24, 2.45) is 5.92 Å². The summed E-state index contributed by atoms with van der Waals surface area (Å²) < 4.78 is 0. The SMILES string of the molecule is Cc1ccc(C(=O)N2CCN(C(=O)C(C)C)CC2)cc1. The summed E-state index contributed by atoms with van der Waals surface area (Å²) in [5, 5.41) is 0. The van der Waals surface area contributed by atoms with Gasteiger partial charge in [0.25, 0.3) is 5.91 Å². The van der Waals surface area contributed by atoms with Gasteiger partial charge in [-0.05, 0) is 19.1 Å². The summed E-state index contributed by atoms with van der Waals surface area (Å²) in [6.07, 6.45) is 0. The monoisotopic (exact) mass is 274 g/mol. The second-order valence-electron chi connectivity index (χ2n) is 5.64. The number of carbonyl (C=O) groups is 2. The molecule has 4 nitrogen and oxygen atoms in total. The van der Waals surface area contributed by atoms with E-state index in [2.05, 4.69) is 0 Å². The standard InChI is InChI=1S/C16H22N2O2/c1-12(2)15(19)17-8-10-18(11-9-17)16(20)14-6-4-13(3)5-7-14/h4-7,12H,8-11H2,1-3H3. The van der Waals surface area contributed by atoms with E-state index < -0.39 is 0 Å². The second kappa shape index (κ2) is 6.07. The molecule has 1 aliphatic rings. The molecule has 0 aliphatic carbocycles. The Morgan fingerprint density at radius 3 is 1.95 bits per heavy atom. The molecule has 2 amide bonds. The Morgan fingerprint density at radius 1 is 0.950 bits per heavy atom. The van der Waals surface area contributed by atoms with Crippen LogP contribution in [0.3, 0.4) is 0 Å². The van der Waals surface area contributed by atoms with E-state index in [9.17, 15) is 9.59 Å². The third kappa shape index (κ3) is 3.18. The maximum absolute atomic E-state index is 12.3. The molecule has 1 aliphatic heterocycles. The molecule has 1 saturated heterocycles. The van der Waals surface area contributed by atoms with Crippen molar-refractivity contribution in [2.75, 3.05) is 26.2 Å². The number of benzene rings is 1. The first-order chi connectivity index (χ1) is 9.49. The molecule has 0 bridgehead atoms. The van der Waals surface area contributed by atoms with Crippen LogP contribution < -0.4 is 0 Å². The lowest BCUT2D eigenvalue weighted by atomic mass is 10.1. The molecule has 0 saturated carbocycles. The minimum Gasteiger partial charge on any atom is -0.339 e. The average Bonchev–Trinajstić information content (AvgIpc) is 2.46. The van der Waals surface area contributed by atoms with Crippen LogP contribution in [-0.2, 0) is 4.79 Å². The van der Waals surface area contributed by atoms with Gasteiger partial charge in [0.2, 0.25) is 5.91 Å². The highest BCUT2D eigenvalue weighted by atomic mass is 16.2. The van der Waals surface area contributed by atoms with Crippen molar-refractivity contribution in [2.45, 2.75) is 20.8 Å². The summed E-state index contributed by atoms with van der Waals surface area (Å²) in [6.45, 7) is 8.32. The van der Waals surface area contributed by atoms with Crippen LogP contribution >= 0.6 is 0 Å². The number of piperazine rings is 1. The van der Waals surface area contributed by atoms with Crippen LogP contribution in [0.25, 0.3) is 0 Å². The first kappa shape index (κ1) is 14.6. The lowest BCUT2D eigenvalue weighted by molar-refractivity contribution is -0.135. The molecule has 1 fully saturated rings. The summed E-state index contributed by atoms with van der Waals surface area (Å²) in [5.74, 6) is 0.253. The van der Waals surface area contributed by atoms with Gasteiger partial charge in [0.1, 0.15) is 0 Å². The third-order valence-corrected chi connectivity index (χ3v) is 3.67. The van der Waals surface area contributed by atoms with Crippen LogP contribution in [0.2, 0.25) is 0 Å².